The van der Waals surface area contributed by atoms with Crippen molar-refractivity contribution in [3.8, 4) is 0 Å². The van der Waals surface area contributed by atoms with Crippen molar-refractivity contribution in [3.05, 3.63) is 30.3 Å². The van der Waals surface area contributed by atoms with E-state index >= 15 is 0 Å². The standard InChI is InChI=1S/C18H31NO3S.C7H13NO.C7H9N.C5H8N2O2.CH3NO/c1-3-4-5-8-11-19-17(21)13-16(18(19)22)23-12-9-6-7-10-15(2)14-20;8-7(9)6-4-2-1-3-5-6;1-8-7-5-3-2-4-6-7;6-5(9)3-1-2-4(8)7-3;2-1-3/h14-16H,3-13H2,1-2H3;6H,1-5H2,(H2,8,9);2-6,8H,1H3;3H,1-2H2,(H2,6,9)(H,7,8);1H,(H2,2,3). The average Bonchev–Trinajstić information content (AvgIpc) is 3.71. The number of nitrogens with two attached hydrogens (primary N) is 3. The minimum absolute atomic E-state index is 0.00352. The Morgan fingerprint density at radius 1 is 0.942 bits per heavy atom. The monoisotopic (exact) mass is 748 g/mol. The van der Waals surface area contributed by atoms with Crippen LogP contribution in [0, 0.1) is 11.8 Å². The van der Waals surface area contributed by atoms with Crippen LogP contribution in [0.1, 0.15) is 117 Å². The summed E-state index contributed by atoms with van der Waals surface area (Å²) in [6.45, 7) is 4.69. The van der Waals surface area contributed by atoms with Crippen LogP contribution in [0.25, 0.3) is 0 Å². The topological polar surface area (TPSA) is 225 Å². The molecule has 2 aliphatic heterocycles. The summed E-state index contributed by atoms with van der Waals surface area (Å²) in [5, 5.41) is 5.30. The van der Waals surface area contributed by atoms with Gasteiger partial charge in [-0.25, -0.2) is 0 Å². The normalized spacial score (nSPS) is 18.4. The number of nitrogens with one attached hydrogen (secondary N) is 2. The number of benzene rings is 1. The quantitative estimate of drug-likeness (QED) is 0.0913. The number of para-hydroxylation sites is 1. The Labute approximate surface area is 314 Å². The Bertz CT molecular complexity index is 1180. The number of hydrogen-bond donors (Lipinski definition) is 5. The van der Waals surface area contributed by atoms with Gasteiger partial charge in [-0.1, -0.05) is 83.4 Å². The number of primary amides is 3. The molecule has 2 saturated heterocycles. The highest BCUT2D eigenvalue weighted by Crippen LogP contribution is 2.27. The third kappa shape index (κ3) is 22.8. The summed E-state index contributed by atoms with van der Waals surface area (Å²) >= 11 is 1.63. The van der Waals surface area contributed by atoms with Crippen molar-refractivity contribution < 1.29 is 33.6 Å². The number of nitrogens with zero attached hydrogens (tertiary/aromatic N) is 1. The van der Waals surface area contributed by atoms with Crippen molar-refractivity contribution >= 4 is 59.7 Å². The Kier molecular flexibility index (Phi) is 28.3. The molecular weight excluding hydrogens is 685 g/mol. The second-order valence-electron chi connectivity index (χ2n) is 13.0. The minimum atomic E-state index is -0.444. The lowest BCUT2D eigenvalue weighted by Crippen LogP contribution is -2.37. The summed E-state index contributed by atoms with van der Waals surface area (Å²) in [5.74, 6) is 0.656. The number of thioether (sulfide) groups is 1. The molecule has 3 atom stereocenters. The van der Waals surface area contributed by atoms with Crippen molar-refractivity contribution in [2.75, 3.05) is 24.7 Å². The van der Waals surface area contributed by atoms with E-state index in [-0.39, 0.29) is 47.1 Å². The molecule has 1 saturated carbocycles. The molecule has 0 aromatic heterocycles. The zero-order valence-electron chi connectivity index (χ0n) is 31.5. The maximum absolute atomic E-state index is 12.3. The molecule has 3 fully saturated rings. The average molecular weight is 749 g/mol. The summed E-state index contributed by atoms with van der Waals surface area (Å²) in [7, 11) is 1.91. The number of carbonyl (C=O) groups excluding carboxylic acids is 7. The van der Waals surface area contributed by atoms with Crippen molar-refractivity contribution in [2.45, 2.75) is 128 Å². The van der Waals surface area contributed by atoms with Crippen molar-refractivity contribution in [2.24, 2.45) is 29.0 Å². The van der Waals surface area contributed by atoms with Gasteiger partial charge in [0.15, 0.2) is 0 Å². The van der Waals surface area contributed by atoms with Gasteiger partial charge in [0.1, 0.15) is 12.3 Å². The predicted molar refractivity (Wildman–Crippen MR) is 208 cm³/mol. The number of anilines is 1. The second-order valence-corrected chi connectivity index (χ2v) is 14.3. The first-order chi connectivity index (χ1) is 24.9. The summed E-state index contributed by atoms with van der Waals surface area (Å²) < 4.78 is 0. The van der Waals surface area contributed by atoms with Gasteiger partial charge in [0, 0.05) is 44.0 Å². The van der Waals surface area contributed by atoms with E-state index in [1.54, 1.807) is 11.8 Å². The van der Waals surface area contributed by atoms with Gasteiger partial charge in [0.2, 0.25) is 35.9 Å². The molecule has 6 amide bonds. The van der Waals surface area contributed by atoms with Gasteiger partial charge in [-0.15, -0.1) is 11.8 Å². The van der Waals surface area contributed by atoms with E-state index in [0.29, 0.717) is 25.8 Å². The maximum atomic E-state index is 12.3. The van der Waals surface area contributed by atoms with Crippen LogP contribution in [0.3, 0.4) is 0 Å². The lowest BCUT2D eigenvalue weighted by molar-refractivity contribution is -0.138. The van der Waals surface area contributed by atoms with Gasteiger partial charge in [-0.3, -0.25) is 33.7 Å². The van der Waals surface area contributed by atoms with E-state index in [2.05, 4.69) is 23.3 Å². The number of rotatable bonds is 16. The second kappa shape index (κ2) is 30.7. The van der Waals surface area contributed by atoms with Gasteiger partial charge in [-0.05, 0) is 56.4 Å². The molecule has 52 heavy (non-hydrogen) atoms. The number of imide groups is 1. The highest BCUT2D eigenvalue weighted by atomic mass is 32.2. The molecule has 4 rings (SSSR count). The number of aldehydes is 1. The molecule has 294 valence electrons. The fourth-order valence-electron chi connectivity index (χ4n) is 5.57. The fraction of sp³-hybridized carbons (Fsp3) is 0.658. The summed E-state index contributed by atoms with van der Waals surface area (Å²) in [4.78, 5) is 76.2. The van der Waals surface area contributed by atoms with Crippen molar-refractivity contribution in [1.29, 1.82) is 0 Å². The lowest BCUT2D eigenvalue weighted by atomic mass is 9.89. The third-order valence-electron chi connectivity index (χ3n) is 8.70. The van der Waals surface area contributed by atoms with Gasteiger partial charge in [0.25, 0.3) is 0 Å². The smallest absolute Gasteiger partial charge is 0.242 e. The molecule has 0 spiro atoms. The van der Waals surface area contributed by atoms with E-state index < -0.39 is 11.9 Å². The van der Waals surface area contributed by atoms with Crippen LogP contribution < -0.4 is 27.8 Å². The number of hydrogen-bond acceptors (Lipinski definition) is 9. The first kappa shape index (κ1) is 48.1. The zero-order chi connectivity index (χ0) is 39.1. The van der Waals surface area contributed by atoms with Crippen LogP contribution in [0.4, 0.5) is 5.69 Å². The number of likely N-dealkylation sites (tertiary alicyclic amines) is 1. The first-order valence-corrected chi connectivity index (χ1v) is 19.7. The summed E-state index contributed by atoms with van der Waals surface area (Å²) in [6, 6.07) is 9.65. The molecule has 1 aliphatic carbocycles. The van der Waals surface area contributed by atoms with E-state index in [4.69, 9.17) is 16.3 Å². The summed E-state index contributed by atoms with van der Waals surface area (Å²) in [6.07, 6.45) is 16.8. The largest absolute Gasteiger partial charge is 0.388 e. The van der Waals surface area contributed by atoms with Gasteiger partial charge in [-0.2, -0.15) is 0 Å². The highest BCUT2D eigenvalue weighted by molar-refractivity contribution is 8.00. The molecule has 1 aromatic carbocycles. The molecule has 0 bridgehead atoms. The van der Waals surface area contributed by atoms with Gasteiger partial charge >= 0.3 is 0 Å². The Balaban J connectivity index is 0.000000732. The molecule has 2 heterocycles. The van der Waals surface area contributed by atoms with Crippen LogP contribution in [0.2, 0.25) is 0 Å². The van der Waals surface area contributed by atoms with Crippen LogP contribution in [0.15, 0.2) is 30.3 Å². The third-order valence-corrected chi connectivity index (χ3v) is 10.00. The van der Waals surface area contributed by atoms with Crippen LogP contribution in [-0.4, -0.2) is 77.8 Å². The van der Waals surface area contributed by atoms with E-state index in [0.717, 1.165) is 81.9 Å². The molecule has 0 radical (unpaired) electrons. The fourth-order valence-corrected chi connectivity index (χ4v) is 6.76. The molecule has 14 heteroatoms. The SMILES string of the molecule is CCCCCCN1C(=O)CC(SCCCCCC(C)C=O)C1=O.CNc1ccccc1.NC(=O)C1CCC(=O)N1.NC(=O)C1CCCCC1.NC=O. The van der Waals surface area contributed by atoms with Gasteiger partial charge in [0.05, 0.1) is 5.25 Å². The van der Waals surface area contributed by atoms with Crippen LogP contribution in [0.5, 0.6) is 0 Å². The minimum Gasteiger partial charge on any atom is -0.388 e. The number of unbranched alkanes of at least 4 members (excludes halogenated alkanes) is 5. The molecule has 3 aliphatic rings. The molecule has 1 aromatic rings. The van der Waals surface area contributed by atoms with Crippen molar-refractivity contribution in [3.63, 3.8) is 0 Å². The van der Waals surface area contributed by atoms with E-state index in [1.165, 1.54) is 24.2 Å². The Hall–Kier alpha value is -3.94. The molecule has 8 N–H and O–H groups in total. The van der Waals surface area contributed by atoms with Crippen LogP contribution >= 0.6 is 11.8 Å². The highest BCUT2D eigenvalue weighted by Gasteiger charge is 2.38. The number of carbonyl (C=O) groups is 7. The van der Waals surface area contributed by atoms with Crippen LogP contribution in [-0.2, 0) is 33.6 Å². The van der Waals surface area contributed by atoms with E-state index in [9.17, 15) is 28.8 Å². The van der Waals surface area contributed by atoms with Crippen molar-refractivity contribution in [1.82, 2.24) is 10.2 Å². The zero-order valence-corrected chi connectivity index (χ0v) is 32.3. The predicted octanol–water partition coefficient (Wildman–Crippen LogP) is 4.45. The molecule has 3 unspecified atom stereocenters. The first-order valence-electron chi connectivity index (χ1n) is 18.6. The maximum Gasteiger partial charge on any atom is 0.242 e. The Morgan fingerprint density at radius 3 is 2.04 bits per heavy atom. The molecule has 13 nitrogen and oxygen atoms in total. The number of amides is 6. The lowest BCUT2D eigenvalue weighted by Gasteiger charge is -2.17. The summed E-state index contributed by atoms with van der Waals surface area (Å²) in [5.41, 5.74) is 15.4. The Morgan fingerprint density at radius 2 is 1.58 bits per heavy atom. The van der Waals surface area contributed by atoms with Gasteiger partial charge < -0.3 is 32.6 Å². The van der Waals surface area contributed by atoms with E-state index in [1.807, 2.05) is 44.3 Å². The molecular formula is C38H64N6O7S.